The Morgan fingerprint density at radius 1 is 1.50 bits per heavy atom. The van der Waals surface area contributed by atoms with Crippen molar-refractivity contribution in [2.24, 2.45) is 0 Å². The quantitative estimate of drug-likeness (QED) is 0.914. The summed E-state index contributed by atoms with van der Waals surface area (Å²) in [5, 5.41) is 5.21. The third-order valence-electron chi connectivity index (χ3n) is 3.56. The Balaban J connectivity index is 1.88. The van der Waals surface area contributed by atoms with Gasteiger partial charge < -0.3 is 10.1 Å². The number of nitrogens with one attached hydrogen (secondary N) is 1. The van der Waals surface area contributed by atoms with E-state index in [1.807, 2.05) is 31.3 Å². The minimum Gasteiger partial charge on any atom is -0.497 e. The molecule has 2 aromatic rings. The summed E-state index contributed by atoms with van der Waals surface area (Å²) in [4.78, 5) is 4.44. The molecule has 1 N–H and O–H groups in total. The summed E-state index contributed by atoms with van der Waals surface area (Å²) in [5.41, 5.74) is 3.02. The first-order chi connectivity index (χ1) is 9.75. The monoisotopic (exact) mass is 288 g/mol. The Kier molecular flexibility index (Phi) is 3.79. The van der Waals surface area contributed by atoms with Gasteiger partial charge in [-0.2, -0.15) is 0 Å². The summed E-state index contributed by atoms with van der Waals surface area (Å²) in [5.74, 6) is 0. The smallest absolute Gasteiger partial charge is 0.115 e. The van der Waals surface area contributed by atoms with Gasteiger partial charge in [0.2, 0.25) is 0 Å². The van der Waals surface area contributed by atoms with Crippen LogP contribution in [0.25, 0.3) is 10.9 Å². The Morgan fingerprint density at radius 2 is 2.40 bits per heavy atom. The van der Waals surface area contributed by atoms with Crippen LogP contribution >= 0.6 is 11.6 Å². The molecule has 0 saturated carbocycles. The van der Waals surface area contributed by atoms with Crippen molar-refractivity contribution in [3.63, 3.8) is 0 Å². The summed E-state index contributed by atoms with van der Waals surface area (Å²) in [7, 11) is 0. The largest absolute Gasteiger partial charge is 0.497 e. The molecule has 0 amide bonds. The number of anilines is 1. The van der Waals surface area contributed by atoms with Crippen molar-refractivity contribution in [1.29, 1.82) is 0 Å². The van der Waals surface area contributed by atoms with E-state index >= 15 is 0 Å². The van der Waals surface area contributed by atoms with E-state index in [2.05, 4.69) is 16.4 Å². The molecule has 1 unspecified atom stereocenters. The van der Waals surface area contributed by atoms with Crippen molar-refractivity contribution >= 4 is 28.2 Å². The van der Waals surface area contributed by atoms with Crippen LogP contribution in [0.15, 0.2) is 36.7 Å². The third kappa shape index (κ3) is 2.59. The molecule has 0 radical (unpaired) electrons. The van der Waals surface area contributed by atoms with Crippen LogP contribution in [0.4, 0.5) is 5.69 Å². The standard InChI is InChI=1S/C16H17ClN2O/c1-11-9-14(17)16(13-6-4-7-18-15(11)13)19-10-12-5-2-3-8-20-12/h3-4,6-9,12,19H,2,5,10H2,1H3. The van der Waals surface area contributed by atoms with Gasteiger partial charge >= 0.3 is 0 Å². The minimum absolute atomic E-state index is 0.198. The first-order valence-electron chi connectivity index (χ1n) is 6.84. The topological polar surface area (TPSA) is 34.1 Å². The average molecular weight is 289 g/mol. The zero-order valence-corrected chi connectivity index (χ0v) is 12.2. The molecule has 1 aromatic heterocycles. The Morgan fingerprint density at radius 3 is 3.20 bits per heavy atom. The predicted octanol–water partition coefficient (Wildman–Crippen LogP) is 4.30. The third-order valence-corrected chi connectivity index (χ3v) is 3.86. The average Bonchev–Trinajstić information content (AvgIpc) is 2.48. The molecule has 1 aromatic carbocycles. The number of ether oxygens (including phenoxy) is 1. The van der Waals surface area contributed by atoms with Crippen LogP contribution in [-0.4, -0.2) is 17.6 Å². The van der Waals surface area contributed by atoms with E-state index in [1.165, 1.54) is 0 Å². The fourth-order valence-electron chi connectivity index (χ4n) is 2.51. The molecule has 0 bridgehead atoms. The number of benzene rings is 1. The van der Waals surface area contributed by atoms with E-state index in [9.17, 15) is 0 Å². The number of halogens is 1. The lowest BCUT2D eigenvalue weighted by atomic mass is 10.1. The van der Waals surface area contributed by atoms with Crippen LogP contribution in [0.2, 0.25) is 5.02 Å². The van der Waals surface area contributed by atoms with Crippen LogP contribution in [0.3, 0.4) is 0 Å². The molecule has 3 nitrogen and oxygen atoms in total. The first kappa shape index (κ1) is 13.3. The molecule has 1 aliphatic heterocycles. The second-order valence-corrected chi connectivity index (χ2v) is 5.45. The van der Waals surface area contributed by atoms with Gasteiger partial charge in [0.15, 0.2) is 0 Å². The van der Waals surface area contributed by atoms with E-state index in [0.29, 0.717) is 0 Å². The van der Waals surface area contributed by atoms with Crippen LogP contribution < -0.4 is 5.32 Å². The second-order valence-electron chi connectivity index (χ2n) is 5.04. The van der Waals surface area contributed by atoms with Gasteiger partial charge in [-0.05, 0) is 49.6 Å². The van der Waals surface area contributed by atoms with Gasteiger partial charge in [-0.15, -0.1) is 0 Å². The normalized spacial score (nSPS) is 18.0. The van der Waals surface area contributed by atoms with E-state index < -0.39 is 0 Å². The van der Waals surface area contributed by atoms with Crippen LogP contribution in [0, 0.1) is 6.92 Å². The lowest BCUT2D eigenvalue weighted by Crippen LogP contribution is -2.23. The highest BCUT2D eigenvalue weighted by molar-refractivity contribution is 6.35. The highest BCUT2D eigenvalue weighted by atomic mass is 35.5. The van der Waals surface area contributed by atoms with E-state index in [0.717, 1.165) is 46.6 Å². The van der Waals surface area contributed by atoms with E-state index in [1.54, 1.807) is 6.26 Å². The summed E-state index contributed by atoms with van der Waals surface area (Å²) >= 11 is 6.38. The lowest BCUT2D eigenvalue weighted by Gasteiger charge is -2.21. The van der Waals surface area contributed by atoms with Crippen molar-refractivity contribution in [2.45, 2.75) is 25.9 Å². The van der Waals surface area contributed by atoms with Crippen molar-refractivity contribution < 1.29 is 4.74 Å². The molecule has 0 fully saturated rings. The van der Waals surface area contributed by atoms with Crippen molar-refractivity contribution in [3.8, 4) is 0 Å². The first-order valence-corrected chi connectivity index (χ1v) is 7.21. The van der Waals surface area contributed by atoms with Crippen LogP contribution in [-0.2, 0) is 4.74 Å². The molecule has 104 valence electrons. The van der Waals surface area contributed by atoms with Crippen molar-refractivity contribution in [1.82, 2.24) is 4.98 Å². The lowest BCUT2D eigenvalue weighted by molar-refractivity contribution is 0.135. The zero-order valence-electron chi connectivity index (χ0n) is 11.4. The minimum atomic E-state index is 0.198. The van der Waals surface area contributed by atoms with E-state index in [-0.39, 0.29) is 6.10 Å². The molecule has 4 heteroatoms. The highest BCUT2D eigenvalue weighted by Crippen LogP contribution is 2.32. The van der Waals surface area contributed by atoms with E-state index in [4.69, 9.17) is 16.3 Å². The van der Waals surface area contributed by atoms with Gasteiger partial charge in [0.25, 0.3) is 0 Å². The molecule has 2 heterocycles. The molecular formula is C16H17ClN2O. The maximum atomic E-state index is 6.38. The van der Waals surface area contributed by atoms with Crippen LogP contribution in [0.5, 0.6) is 0 Å². The summed E-state index contributed by atoms with van der Waals surface area (Å²) in [6, 6.07) is 5.94. The molecule has 0 saturated heterocycles. The number of allylic oxidation sites excluding steroid dienone is 1. The van der Waals surface area contributed by atoms with Gasteiger partial charge in [-0.3, -0.25) is 4.98 Å². The fraction of sp³-hybridized carbons (Fsp3) is 0.312. The van der Waals surface area contributed by atoms with Gasteiger partial charge in [-0.1, -0.05) is 11.6 Å². The molecule has 20 heavy (non-hydrogen) atoms. The molecule has 3 rings (SSSR count). The number of aryl methyl sites for hydroxylation is 1. The van der Waals surface area contributed by atoms with Gasteiger partial charge in [0.05, 0.1) is 29.0 Å². The fourth-order valence-corrected chi connectivity index (χ4v) is 2.84. The number of hydrogen-bond acceptors (Lipinski definition) is 3. The summed E-state index contributed by atoms with van der Waals surface area (Å²) < 4.78 is 5.57. The molecule has 0 spiro atoms. The maximum absolute atomic E-state index is 6.38. The van der Waals surface area contributed by atoms with Gasteiger partial charge in [0, 0.05) is 11.6 Å². The Labute approximate surface area is 123 Å². The predicted molar refractivity (Wildman–Crippen MR) is 83.2 cm³/mol. The zero-order chi connectivity index (χ0) is 13.9. The Bertz CT molecular complexity index is 654. The number of hydrogen-bond donors (Lipinski definition) is 1. The Hall–Kier alpha value is -1.74. The summed E-state index contributed by atoms with van der Waals surface area (Å²) in [6.45, 7) is 2.77. The summed E-state index contributed by atoms with van der Waals surface area (Å²) in [6.07, 6.45) is 7.94. The molecule has 1 aliphatic rings. The number of pyridine rings is 1. The van der Waals surface area contributed by atoms with Crippen molar-refractivity contribution in [2.75, 3.05) is 11.9 Å². The number of fused-ring (bicyclic) bond motifs is 1. The second kappa shape index (κ2) is 5.71. The maximum Gasteiger partial charge on any atom is 0.115 e. The number of nitrogens with zero attached hydrogens (tertiary/aromatic N) is 1. The van der Waals surface area contributed by atoms with Crippen LogP contribution in [0.1, 0.15) is 18.4 Å². The molecular weight excluding hydrogens is 272 g/mol. The van der Waals surface area contributed by atoms with Gasteiger partial charge in [-0.25, -0.2) is 0 Å². The number of rotatable bonds is 3. The number of aromatic nitrogens is 1. The SMILES string of the molecule is Cc1cc(Cl)c(NCC2CCC=CO2)c2cccnc12. The highest BCUT2D eigenvalue weighted by Gasteiger charge is 2.14. The van der Waals surface area contributed by atoms with Gasteiger partial charge in [0.1, 0.15) is 6.10 Å². The molecule has 1 atom stereocenters. The molecule has 0 aliphatic carbocycles. The van der Waals surface area contributed by atoms with Crippen molar-refractivity contribution in [3.05, 3.63) is 47.3 Å².